The average molecular weight is 231 g/mol. The number of nitrogens with one attached hydrogen (secondary N) is 1. The van der Waals surface area contributed by atoms with Gasteiger partial charge < -0.3 is 15.8 Å². The Labute approximate surface area is 98.3 Å². The van der Waals surface area contributed by atoms with Crippen molar-refractivity contribution in [3.8, 4) is 0 Å². The highest BCUT2D eigenvalue weighted by Gasteiger charge is 2.14. The molecule has 0 aromatic rings. The Bertz CT molecular complexity index is 198. The molecular formula is C11H25N3O2. The highest BCUT2D eigenvalue weighted by atomic mass is 16.5. The SMILES string of the molecule is COCC(C)NC(=O)CN(CCN)C(C)C. The van der Waals surface area contributed by atoms with Crippen LogP contribution < -0.4 is 11.1 Å². The van der Waals surface area contributed by atoms with Gasteiger partial charge in [-0.3, -0.25) is 9.69 Å². The van der Waals surface area contributed by atoms with E-state index in [-0.39, 0.29) is 11.9 Å². The van der Waals surface area contributed by atoms with E-state index in [0.717, 1.165) is 6.54 Å². The highest BCUT2D eigenvalue weighted by molar-refractivity contribution is 5.78. The predicted molar refractivity (Wildman–Crippen MR) is 65.2 cm³/mol. The van der Waals surface area contributed by atoms with Gasteiger partial charge in [0.05, 0.1) is 13.2 Å². The third-order valence-corrected chi connectivity index (χ3v) is 2.32. The number of carbonyl (C=O) groups excluding carboxylic acids is 1. The van der Waals surface area contributed by atoms with E-state index in [0.29, 0.717) is 25.7 Å². The predicted octanol–water partition coefficient (Wildman–Crippen LogP) is -0.193. The van der Waals surface area contributed by atoms with Crippen LogP contribution in [0.5, 0.6) is 0 Å². The van der Waals surface area contributed by atoms with Crippen LogP contribution in [0.2, 0.25) is 0 Å². The minimum atomic E-state index is 0.0201. The monoisotopic (exact) mass is 231 g/mol. The minimum absolute atomic E-state index is 0.0201. The molecule has 0 spiro atoms. The van der Waals surface area contributed by atoms with Crippen LogP contribution in [0.1, 0.15) is 20.8 Å². The lowest BCUT2D eigenvalue weighted by molar-refractivity contribution is -0.123. The summed E-state index contributed by atoms with van der Waals surface area (Å²) in [6.07, 6.45) is 0. The van der Waals surface area contributed by atoms with Crippen molar-refractivity contribution in [3.63, 3.8) is 0 Å². The summed E-state index contributed by atoms with van der Waals surface area (Å²) < 4.78 is 4.96. The molecule has 0 fully saturated rings. The van der Waals surface area contributed by atoms with Gasteiger partial charge in [0.1, 0.15) is 0 Å². The summed E-state index contributed by atoms with van der Waals surface area (Å²) >= 11 is 0. The van der Waals surface area contributed by atoms with Crippen molar-refractivity contribution in [3.05, 3.63) is 0 Å². The van der Waals surface area contributed by atoms with Crippen LogP contribution in [0.15, 0.2) is 0 Å². The van der Waals surface area contributed by atoms with E-state index >= 15 is 0 Å². The quantitative estimate of drug-likeness (QED) is 0.607. The zero-order chi connectivity index (χ0) is 12.6. The fourth-order valence-corrected chi connectivity index (χ4v) is 1.48. The lowest BCUT2D eigenvalue weighted by Crippen LogP contribution is -2.46. The minimum Gasteiger partial charge on any atom is -0.383 e. The molecule has 0 aliphatic rings. The van der Waals surface area contributed by atoms with Crippen molar-refractivity contribution in [1.82, 2.24) is 10.2 Å². The molecule has 5 nitrogen and oxygen atoms in total. The molecule has 0 saturated carbocycles. The molecule has 0 heterocycles. The maximum atomic E-state index is 11.7. The van der Waals surface area contributed by atoms with Crippen LogP contribution in [0, 0.1) is 0 Å². The second-order valence-electron chi connectivity index (χ2n) is 4.28. The molecule has 0 aliphatic carbocycles. The molecule has 0 aromatic heterocycles. The maximum Gasteiger partial charge on any atom is 0.234 e. The van der Waals surface area contributed by atoms with Gasteiger partial charge in [0.25, 0.3) is 0 Å². The Hall–Kier alpha value is -0.650. The van der Waals surface area contributed by atoms with E-state index in [9.17, 15) is 4.79 Å². The van der Waals surface area contributed by atoms with Crippen LogP contribution in [-0.4, -0.2) is 56.2 Å². The van der Waals surface area contributed by atoms with Crippen LogP contribution >= 0.6 is 0 Å². The van der Waals surface area contributed by atoms with Gasteiger partial charge >= 0.3 is 0 Å². The fourth-order valence-electron chi connectivity index (χ4n) is 1.48. The summed E-state index contributed by atoms with van der Waals surface area (Å²) in [7, 11) is 1.62. The van der Waals surface area contributed by atoms with E-state index in [2.05, 4.69) is 24.1 Å². The smallest absolute Gasteiger partial charge is 0.234 e. The molecule has 16 heavy (non-hydrogen) atoms. The molecule has 0 bridgehead atoms. The molecular weight excluding hydrogens is 206 g/mol. The molecule has 0 radical (unpaired) electrons. The van der Waals surface area contributed by atoms with Gasteiger partial charge in [0.15, 0.2) is 0 Å². The van der Waals surface area contributed by atoms with Gasteiger partial charge in [-0.05, 0) is 20.8 Å². The summed E-state index contributed by atoms with van der Waals surface area (Å²) in [6, 6.07) is 0.372. The molecule has 0 aromatic carbocycles. The van der Waals surface area contributed by atoms with Crippen LogP contribution in [0.3, 0.4) is 0 Å². The first-order valence-corrected chi connectivity index (χ1v) is 5.73. The molecule has 0 rings (SSSR count). The first kappa shape index (κ1) is 15.3. The second kappa shape index (κ2) is 8.50. The van der Waals surface area contributed by atoms with Crippen molar-refractivity contribution >= 4 is 5.91 Å². The lowest BCUT2D eigenvalue weighted by Gasteiger charge is -2.25. The van der Waals surface area contributed by atoms with E-state index in [1.807, 2.05) is 6.92 Å². The van der Waals surface area contributed by atoms with Gasteiger partial charge in [0, 0.05) is 32.3 Å². The third kappa shape index (κ3) is 6.76. The van der Waals surface area contributed by atoms with Gasteiger partial charge in [0.2, 0.25) is 5.91 Å². The van der Waals surface area contributed by atoms with Gasteiger partial charge in [-0.15, -0.1) is 0 Å². The standard InChI is InChI=1S/C11H25N3O2/c1-9(2)14(6-5-12)7-11(15)13-10(3)8-16-4/h9-10H,5-8,12H2,1-4H3,(H,13,15). The number of nitrogens with two attached hydrogens (primary N) is 1. The summed E-state index contributed by atoms with van der Waals surface area (Å²) in [5, 5.41) is 2.88. The number of rotatable bonds is 8. The van der Waals surface area contributed by atoms with E-state index in [1.165, 1.54) is 0 Å². The van der Waals surface area contributed by atoms with Crippen molar-refractivity contribution in [2.24, 2.45) is 5.73 Å². The molecule has 1 amide bonds. The topological polar surface area (TPSA) is 67.6 Å². The number of hydrogen-bond donors (Lipinski definition) is 2. The number of ether oxygens (including phenoxy) is 1. The number of hydrogen-bond acceptors (Lipinski definition) is 4. The summed E-state index contributed by atoms with van der Waals surface area (Å²) in [5.74, 6) is 0.0201. The summed E-state index contributed by atoms with van der Waals surface area (Å²) in [4.78, 5) is 13.7. The Kier molecular flexibility index (Phi) is 8.15. The van der Waals surface area contributed by atoms with E-state index in [4.69, 9.17) is 10.5 Å². The average Bonchev–Trinajstić information content (AvgIpc) is 2.16. The molecule has 96 valence electrons. The Morgan fingerprint density at radius 3 is 2.50 bits per heavy atom. The Balaban J connectivity index is 3.99. The van der Waals surface area contributed by atoms with Gasteiger partial charge in [-0.1, -0.05) is 0 Å². The fraction of sp³-hybridized carbons (Fsp3) is 0.909. The molecule has 0 saturated heterocycles. The zero-order valence-electron chi connectivity index (χ0n) is 10.8. The number of carbonyl (C=O) groups is 1. The number of amides is 1. The van der Waals surface area contributed by atoms with Crippen molar-refractivity contribution in [2.45, 2.75) is 32.9 Å². The highest BCUT2D eigenvalue weighted by Crippen LogP contribution is 1.96. The van der Waals surface area contributed by atoms with E-state index in [1.54, 1.807) is 7.11 Å². The van der Waals surface area contributed by atoms with Crippen LogP contribution in [-0.2, 0) is 9.53 Å². The van der Waals surface area contributed by atoms with Crippen molar-refractivity contribution in [2.75, 3.05) is 33.4 Å². The van der Waals surface area contributed by atoms with Crippen LogP contribution in [0.25, 0.3) is 0 Å². The maximum absolute atomic E-state index is 11.7. The normalized spacial score (nSPS) is 13.2. The Morgan fingerprint density at radius 1 is 1.44 bits per heavy atom. The number of methoxy groups -OCH3 is 1. The molecule has 0 aliphatic heterocycles. The number of nitrogens with zero attached hydrogens (tertiary/aromatic N) is 1. The van der Waals surface area contributed by atoms with Crippen molar-refractivity contribution < 1.29 is 9.53 Å². The largest absolute Gasteiger partial charge is 0.383 e. The molecule has 5 heteroatoms. The lowest BCUT2D eigenvalue weighted by atomic mass is 10.3. The zero-order valence-corrected chi connectivity index (χ0v) is 10.8. The third-order valence-electron chi connectivity index (χ3n) is 2.32. The Morgan fingerprint density at radius 2 is 2.06 bits per heavy atom. The molecule has 1 atom stereocenters. The van der Waals surface area contributed by atoms with E-state index < -0.39 is 0 Å². The first-order chi connectivity index (χ1) is 7.51. The van der Waals surface area contributed by atoms with Gasteiger partial charge in [-0.2, -0.15) is 0 Å². The van der Waals surface area contributed by atoms with Crippen LogP contribution in [0.4, 0.5) is 0 Å². The molecule has 1 unspecified atom stereocenters. The summed E-state index contributed by atoms with van der Waals surface area (Å²) in [6.45, 7) is 8.27. The van der Waals surface area contributed by atoms with Crippen molar-refractivity contribution in [1.29, 1.82) is 0 Å². The van der Waals surface area contributed by atoms with Gasteiger partial charge in [-0.25, -0.2) is 0 Å². The second-order valence-corrected chi connectivity index (χ2v) is 4.28. The molecule has 3 N–H and O–H groups in total. The summed E-state index contributed by atoms with van der Waals surface area (Å²) in [5.41, 5.74) is 5.50. The first-order valence-electron chi connectivity index (χ1n) is 5.73.